The highest BCUT2D eigenvalue weighted by Crippen LogP contribution is 2.29. The number of ether oxygens (including phenoxy) is 2. The van der Waals surface area contributed by atoms with Crippen LogP contribution in [0.15, 0.2) is 18.2 Å². The van der Waals surface area contributed by atoms with Crippen molar-refractivity contribution in [3.63, 3.8) is 0 Å². The predicted octanol–water partition coefficient (Wildman–Crippen LogP) is 2.11. The molecule has 7 nitrogen and oxygen atoms in total. The molecule has 0 bridgehead atoms. The van der Waals surface area contributed by atoms with Crippen LogP contribution in [0.1, 0.15) is 30.9 Å². The van der Waals surface area contributed by atoms with Crippen molar-refractivity contribution in [3.05, 3.63) is 39.4 Å². The van der Waals surface area contributed by atoms with Crippen LogP contribution in [-0.4, -0.2) is 30.1 Å². The molecule has 0 aliphatic rings. The summed E-state index contributed by atoms with van der Waals surface area (Å²) < 4.78 is 9.66. The van der Waals surface area contributed by atoms with Crippen molar-refractivity contribution < 1.29 is 24.0 Å². The third-order valence-corrected chi connectivity index (χ3v) is 2.74. The van der Waals surface area contributed by atoms with Gasteiger partial charge in [-0.3, -0.25) is 19.7 Å². The molecule has 114 valence electrons. The topological polar surface area (TPSA) is 95.7 Å². The molecule has 0 N–H and O–H groups in total. The van der Waals surface area contributed by atoms with Crippen LogP contribution in [0.25, 0.3) is 0 Å². The van der Waals surface area contributed by atoms with Gasteiger partial charge in [0.1, 0.15) is 0 Å². The Morgan fingerprint density at radius 3 is 2.14 bits per heavy atom. The Balaban J connectivity index is 3.35. The number of hydrogen-bond donors (Lipinski definition) is 0. The molecular weight excluding hydrogens is 278 g/mol. The van der Waals surface area contributed by atoms with E-state index in [1.54, 1.807) is 26.8 Å². The summed E-state index contributed by atoms with van der Waals surface area (Å²) in [5.41, 5.74) is 0.320. The summed E-state index contributed by atoms with van der Waals surface area (Å²) in [4.78, 5) is 34.5. The fourth-order valence-electron chi connectivity index (χ4n) is 1.86. The van der Waals surface area contributed by atoms with Gasteiger partial charge in [0, 0.05) is 6.07 Å². The van der Waals surface area contributed by atoms with Gasteiger partial charge >= 0.3 is 11.9 Å². The lowest BCUT2D eigenvalue weighted by atomic mass is 9.96. The zero-order chi connectivity index (χ0) is 16.0. The third kappa shape index (κ3) is 4.01. The average Bonchev–Trinajstić information content (AvgIpc) is 2.41. The molecule has 0 aromatic heterocycles. The van der Waals surface area contributed by atoms with Crippen molar-refractivity contribution in [2.45, 2.75) is 26.7 Å². The molecule has 0 heterocycles. The normalized spacial score (nSPS) is 10.3. The van der Waals surface area contributed by atoms with Crippen molar-refractivity contribution in [1.29, 1.82) is 0 Å². The van der Waals surface area contributed by atoms with Crippen LogP contribution in [0.3, 0.4) is 0 Å². The maximum Gasteiger partial charge on any atom is 0.325 e. The van der Waals surface area contributed by atoms with Gasteiger partial charge < -0.3 is 9.47 Å². The molecule has 1 aromatic carbocycles. The fourth-order valence-corrected chi connectivity index (χ4v) is 1.86. The first kappa shape index (κ1) is 16.6. The largest absolute Gasteiger partial charge is 0.465 e. The SMILES string of the molecule is CCOC(=O)C(C(=O)OCC)c1ccc(C)cc1[N+](=O)[O-]. The Morgan fingerprint density at radius 1 is 1.19 bits per heavy atom. The van der Waals surface area contributed by atoms with Crippen molar-refractivity contribution in [2.75, 3.05) is 13.2 Å². The molecule has 0 atom stereocenters. The first-order valence-electron chi connectivity index (χ1n) is 6.50. The minimum Gasteiger partial charge on any atom is -0.465 e. The Morgan fingerprint density at radius 2 is 1.71 bits per heavy atom. The number of aryl methyl sites for hydroxylation is 1. The minimum absolute atomic E-state index is 0.0255. The van der Waals surface area contributed by atoms with E-state index in [0.717, 1.165) is 0 Å². The van der Waals surface area contributed by atoms with Crippen molar-refractivity contribution in [1.82, 2.24) is 0 Å². The number of nitrogens with zero attached hydrogens (tertiary/aromatic N) is 1. The second-order valence-electron chi connectivity index (χ2n) is 4.26. The molecule has 21 heavy (non-hydrogen) atoms. The number of esters is 2. The zero-order valence-corrected chi connectivity index (χ0v) is 12.1. The van der Waals surface area contributed by atoms with E-state index >= 15 is 0 Å². The van der Waals surface area contributed by atoms with Gasteiger partial charge in [-0.15, -0.1) is 0 Å². The molecule has 0 fully saturated rings. The maximum atomic E-state index is 12.0. The summed E-state index contributed by atoms with van der Waals surface area (Å²) in [5, 5.41) is 11.1. The molecule has 0 aliphatic heterocycles. The summed E-state index contributed by atoms with van der Waals surface area (Å²) in [6.07, 6.45) is 0. The number of nitro benzene ring substituents is 1. The monoisotopic (exact) mass is 295 g/mol. The van der Waals surface area contributed by atoms with E-state index in [2.05, 4.69) is 0 Å². The molecule has 0 amide bonds. The summed E-state index contributed by atoms with van der Waals surface area (Å²) in [6.45, 7) is 4.98. The smallest absolute Gasteiger partial charge is 0.325 e. The van der Waals surface area contributed by atoms with Crippen LogP contribution >= 0.6 is 0 Å². The van der Waals surface area contributed by atoms with Gasteiger partial charge in [0.25, 0.3) is 5.69 Å². The highest BCUT2D eigenvalue weighted by Gasteiger charge is 2.36. The Kier molecular flexibility index (Phi) is 5.83. The van der Waals surface area contributed by atoms with E-state index in [1.165, 1.54) is 12.1 Å². The van der Waals surface area contributed by atoms with Gasteiger partial charge in [-0.05, 0) is 26.3 Å². The van der Waals surface area contributed by atoms with Crippen LogP contribution in [0.4, 0.5) is 5.69 Å². The highest BCUT2D eigenvalue weighted by atomic mass is 16.6. The Hall–Kier alpha value is -2.44. The van der Waals surface area contributed by atoms with Crippen LogP contribution in [0, 0.1) is 17.0 Å². The Labute approximate surface area is 122 Å². The number of hydrogen-bond acceptors (Lipinski definition) is 6. The van der Waals surface area contributed by atoms with Gasteiger partial charge in [-0.25, -0.2) is 0 Å². The predicted molar refractivity (Wildman–Crippen MR) is 73.8 cm³/mol. The van der Waals surface area contributed by atoms with Gasteiger partial charge in [-0.2, -0.15) is 0 Å². The van der Waals surface area contributed by atoms with Crippen molar-refractivity contribution >= 4 is 17.6 Å². The fraction of sp³-hybridized carbons (Fsp3) is 0.429. The zero-order valence-electron chi connectivity index (χ0n) is 12.1. The highest BCUT2D eigenvalue weighted by molar-refractivity contribution is 6.01. The standard InChI is InChI=1S/C14H17NO6/c1-4-20-13(16)12(14(17)21-5-2)10-7-6-9(3)8-11(10)15(18)19/h6-8,12H,4-5H2,1-3H3. The third-order valence-electron chi connectivity index (χ3n) is 2.74. The number of carbonyl (C=O) groups excluding carboxylic acids is 2. The van der Waals surface area contributed by atoms with Crippen molar-refractivity contribution in [2.24, 2.45) is 0 Å². The van der Waals surface area contributed by atoms with Crippen molar-refractivity contribution in [3.8, 4) is 0 Å². The molecule has 0 aliphatic carbocycles. The molecule has 0 unspecified atom stereocenters. The number of carbonyl (C=O) groups is 2. The van der Waals surface area contributed by atoms with E-state index < -0.39 is 22.8 Å². The minimum atomic E-state index is -1.45. The average molecular weight is 295 g/mol. The molecule has 1 aromatic rings. The molecular formula is C14H17NO6. The van der Waals surface area contributed by atoms with E-state index in [0.29, 0.717) is 5.56 Å². The van der Waals surface area contributed by atoms with Crippen LogP contribution in [-0.2, 0) is 19.1 Å². The van der Waals surface area contributed by atoms with E-state index in [9.17, 15) is 19.7 Å². The molecule has 0 spiro atoms. The summed E-state index contributed by atoms with van der Waals surface area (Å²) in [6, 6.07) is 4.28. The number of nitro groups is 1. The molecule has 0 saturated heterocycles. The molecule has 1 rings (SSSR count). The summed E-state index contributed by atoms with van der Waals surface area (Å²) >= 11 is 0. The molecule has 0 radical (unpaired) electrons. The van der Waals surface area contributed by atoms with Gasteiger partial charge in [-0.1, -0.05) is 12.1 Å². The summed E-state index contributed by atoms with van der Waals surface area (Å²) in [5.74, 6) is -3.17. The Bertz CT molecular complexity index is 536. The molecule has 7 heteroatoms. The number of benzene rings is 1. The summed E-state index contributed by atoms with van der Waals surface area (Å²) in [7, 11) is 0. The first-order chi connectivity index (χ1) is 9.92. The van der Waals surface area contributed by atoms with Gasteiger partial charge in [0.2, 0.25) is 0 Å². The van der Waals surface area contributed by atoms with E-state index in [4.69, 9.17) is 9.47 Å². The van der Waals surface area contributed by atoms with Crippen LogP contribution in [0.5, 0.6) is 0 Å². The van der Waals surface area contributed by atoms with Gasteiger partial charge in [0.15, 0.2) is 5.92 Å². The lowest BCUT2D eigenvalue weighted by molar-refractivity contribution is -0.385. The second-order valence-corrected chi connectivity index (χ2v) is 4.26. The van der Waals surface area contributed by atoms with E-state index in [-0.39, 0.29) is 24.5 Å². The van der Waals surface area contributed by atoms with E-state index in [1.807, 2.05) is 0 Å². The van der Waals surface area contributed by atoms with Crippen LogP contribution < -0.4 is 0 Å². The maximum absolute atomic E-state index is 12.0. The first-order valence-corrected chi connectivity index (χ1v) is 6.50. The lowest BCUT2D eigenvalue weighted by Crippen LogP contribution is -2.27. The quantitative estimate of drug-likeness (QED) is 0.345. The van der Waals surface area contributed by atoms with Crippen LogP contribution in [0.2, 0.25) is 0 Å². The molecule has 0 saturated carbocycles. The number of rotatable bonds is 6. The van der Waals surface area contributed by atoms with Gasteiger partial charge in [0.05, 0.1) is 23.7 Å². The second kappa shape index (κ2) is 7.37. The lowest BCUT2D eigenvalue weighted by Gasteiger charge is -2.15.